The number of primary amides is 1. The van der Waals surface area contributed by atoms with Crippen molar-refractivity contribution in [1.29, 1.82) is 0 Å². The van der Waals surface area contributed by atoms with Crippen LogP contribution in [0.2, 0.25) is 0 Å². The van der Waals surface area contributed by atoms with Gasteiger partial charge in [-0.1, -0.05) is 28.5 Å². The number of nitrogens with zero attached hydrogens (tertiary/aromatic N) is 1. The van der Waals surface area contributed by atoms with Crippen molar-refractivity contribution in [3.05, 3.63) is 22.4 Å². The Labute approximate surface area is 190 Å². The Morgan fingerprint density at radius 1 is 1.29 bits per heavy atom. The maximum Gasteiger partial charge on any atom is 0.404 e. The molecule has 4 atom stereocenters. The van der Waals surface area contributed by atoms with Crippen molar-refractivity contribution in [2.24, 2.45) is 11.7 Å². The molecule has 3 aliphatic heterocycles. The van der Waals surface area contributed by atoms with E-state index in [-0.39, 0.29) is 30.3 Å². The summed E-state index contributed by atoms with van der Waals surface area (Å²) >= 11 is 0. The quantitative estimate of drug-likeness (QED) is 0.215. The molecule has 1 amide bonds. The van der Waals surface area contributed by atoms with Crippen molar-refractivity contribution >= 4 is 39.2 Å². The highest BCUT2D eigenvalue weighted by Crippen LogP contribution is 2.56. The third kappa shape index (κ3) is 3.61. The van der Waals surface area contributed by atoms with E-state index in [1.165, 1.54) is 0 Å². The topological polar surface area (TPSA) is 121 Å². The van der Waals surface area contributed by atoms with E-state index in [9.17, 15) is 14.4 Å². The molecule has 170 valence electrons. The Morgan fingerprint density at radius 2 is 2.03 bits per heavy atom. The molecule has 0 aromatic heterocycles. The Balaban J connectivity index is 1.59. The summed E-state index contributed by atoms with van der Waals surface area (Å²) in [4.78, 5) is 40.3. The molecule has 1 aliphatic carbocycles. The first-order valence-corrected chi connectivity index (χ1v) is 13.2. The second kappa shape index (κ2) is 8.80. The van der Waals surface area contributed by atoms with E-state index in [1.54, 1.807) is 24.8 Å². The van der Waals surface area contributed by atoms with Gasteiger partial charge in [0.25, 0.3) is 0 Å². The summed E-state index contributed by atoms with van der Waals surface area (Å²) in [5.74, 6) is 1.21. The lowest BCUT2D eigenvalue weighted by Gasteiger charge is -2.39. The molecule has 4 aliphatic rings. The van der Waals surface area contributed by atoms with Gasteiger partial charge < -0.3 is 25.4 Å². The molecule has 8 nitrogen and oxygen atoms in total. The maximum atomic E-state index is 13.6. The molecule has 0 unspecified atom stereocenters. The van der Waals surface area contributed by atoms with E-state index in [0.29, 0.717) is 35.4 Å². The van der Waals surface area contributed by atoms with E-state index in [1.807, 2.05) is 15.7 Å². The van der Waals surface area contributed by atoms with Crippen LogP contribution in [-0.2, 0) is 19.1 Å². The van der Waals surface area contributed by atoms with Gasteiger partial charge in [-0.05, 0) is 26.2 Å². The average Bonchev–Trinajstić information content (AvgIpc) is 3.35. The van der Waals surface area contributed by atoms with Crippen LogP contribution in [0.25, 0.3) is 0 Å². The van der Waals surface area contributed by atoms with E-state index < -0.39 is 17.7 Å². The lowest BCUT2D eigenvalue weighted by atomic mass is 9.79. The number of hydrogen-bond acceptors (Lipinski definition) is 9. The van der Waals surface area contributed by atoms with Crippen LogP contribution in [0.4, 0.5) is 4.79 Å². The molecule has 0 aromatic carbocycles. The predicted molar refractivity (Wildman–Crippen MR) is 120 cm³/mol. The van der Waals surface area contributed by atoms with Gasteiger partial charge >= 0.3 is 6.09 Å². The summed E-state index contributed by atoms with van der Waals surface area (Å²) in [5.41, 5.74) is 6.21. The molecule has 10 heteroatoms. The lowest BCUT2D eigenvalue weighted by molar-refractivity contribution is -0.137. The Morgan fingerprint density at radius 3 is 2.71 bits per heavy atom. The van der Waals surface area contributed by atoms with E-state index in [2.05, 4.69) is 12.2 Å². The second-order valence-corrected chi connectivity index (χ2v) is 11.0. The average molecular weight is 468 g/mol. The normalized spacial score (nSPS) is 31.2. The van der Waals surface area contributed by atoms with Gasteiger partial charge in [-0.3, -0.25) is 9.59 Å². The molecule has 3 N–H and O–H groups in total. The van der Waals surface area contributed by atoms with Crippen LogP contribution in [0.15, 0.2) is 22.4 Å². The fourth-order valence-corrected chi connectivity index (χ4v) is 7.38. The van der Waals surface area contributed by atoms with E-state index in [4.69, 9.17) is 15.2 Å². The number of allylic oxidation sites excluding steroid dienone is 2. The maximum absolute atomic E-state index is 13.6. The zero-order valence-corrected chi connectivity index (χ0v) is 19.7. The minimum Gasteiger partial charge on any atom is -0.449 e. The van der Waals surface area contributed by atoms with Gasteiger partial charge in [-0.15, -0.1) is 0 Å². The number of carbonyl (C=O) groups excluding carboxylic acids is 3. The molecule has 31 heavy (non-hydrogen) atoms. The number of methoxy groups -OCH3 is 1. The zero-order chi connectivity index (χ0) is 22.3. The first-order chi connectivity index (χ1) is 14.9. The summed E-state index contributed by atoms with van der Waals surface area (Å²) in [6.07, 6.45) is 1.60. The van der Waals surface area contributed by atoms with Gasteiger partial charge in [-0.25, -0.2) is 4.79 Å². The van der Waals surface area contributed by atoms with Crippen molar-refractivity contribution in [2.45, 2.75) is 50.9 Å². The molecular formula is C21H29N3O5S2. The van der Waals surface area contributed by atoms with Crippen molar-refractivity contribution in [2.75, 3.05) is 31.8 Å². The molecule has 0 radical (unpaired) electrons. The lowest BCUT2D eigenvalue weighted by Crippen LogP contribution is -2.55. The van der Waals surface area contributed by atoms with Gasteiger partial charge in [0, 0.05) is 47.9 Å². The Kier molecular flexibility index (Phi) is 6.44. The fourth-order valence-electron chi connectivity index (χ4n) is 5.15. The molecule has 2 fully saturated rings. The Hall–Kier alpha value is -1.49. The van der Waals surface area contributed by atoms with Crippen LogP contribution in [0.1, 0.15) is 33.1 Å². The number of fused-ring (bicyclic) bond motifs is 4. The third-order valence-electron chi connectivity index (χ3n) is 6.58. The number of ether oxygens (including phenoxy) is 2. The van der Waals surface area contributed by atoms with Crippen molar-refractivity contribution in [3.63, 3.8) is 0 Å². The van der Waals surface area contributed by atoms with Gasteiger partial charge in [0.1, 0.15) is 6.61 Å². The van der Waals surface area contributed by atoms with Crippen molar-refractivity contribution in [1.82, 2.24) is 10.2 Å². The highest BCUT2D eigenvalue weighted by Gasteiger charge is 2.72. The van der Waals surface area contributed by atoms with Crippen LogP contribution < -0.4 is 11.1 Å². The standard InChI is InChI=1S/C21H29N3O5S2/c1-4-7-30-31-8-5-6-12-11(2)17(25)16-15(18(12)26)13(10-29-20(22)27)21(28-3)19-14(23-19)9-24(16)21/h13-14,19,23H,4-10H2,1-3H3,(H2,22,27)/t13-,14+,19+,21-/m1/s1. The number of piperazine rings is 1. The molecule has 0 saturated carbocycles. The third-order valence-corrected chi connectivity index (χ3v) is 9.27. The molecular weight excluding hydrogens is 438 g/mol. The highest BCUT2D eigenvalue weighted by molar-refractivity contribution is 8.76. The summed E-state index contributed by atoms with van der Waals surface area (Å²) in [6, 6.07) is 0.164. The molecule has 4 rings (SSSR count). The van der Waals surface area contributed by atoms with E-state index in [0.717, 1.165) is 24.3 Å². The van der Waals surface area contributed by atoms with Crippen LogP contribution >= 0.6 is 21.6 Å². The van der Waals surface area contributed by atoms with Gasteiger partial charge in [0.05, 0.1) is 17.7 Å². The van der Waals surface area contributed by atoms with Gasteiger partial charge in [-0.2, -0.15) is 0 Å². The van der Waals surface area contributed by atoms with Crippen LogP contribution in [0.3, 0.4) is 0 Å². The van der Waals surface area contributed by atoms with Gasteiger partial charge in [0.15, 0.2) is 11.5 Å². The molecule has 3 heterocycles. The first-order valence-electron chi connectivity index (χ1n) is 10.7. The van der Waals surface area contributed by atoms with Crippen LogP contribution in [0, 0.1) is 5.92 Å². The minimum atomic E-state index is -0.918. The van der Waals surface area contributed by atoms with Crippen LogP contribution in [-0.4, -0.2) is 72.1 Å². The first kappa shape index (κ1) is 22.7. The second-order valence-electron chi connectivity index (χ2n) is 8.27. The Bertz CT molecular complexity index is 873. The molecule has 0 bridgehead atoms. The number of Topliss-reactive ketones (excluding diaryl/α,β-unsaturated/α-hetero) is 2. The number of ketones is 2. The molecule has 0 spiro atoms. The fraction of sp³-hybridized carbons (Fsp3) is 0.667. The number of nitrogens with one attached hydrogen (secondary N) is 1. The summed E-state index contributed by atoms with van der Waals surface area (Å²) in [7, 11) is 5.21. The molecule has 2 saturated heterocycles. The monoisotopic (exact) mass is 467 g/mol. The van der Waals surface area contributed by atoms with Crippen molar-refractivity contribution in [3.8, 4) is 0 Å². The number of carbonyl (C=O) groups is 3. The number of nitrogens with two attached hydrogens (primary N) is 1. The number of rotatable bonds is 10. The van der Waals surface area contributed by atoms with Crippen LogP contribution in [0.5, 0.6) is 0 Å². The predicted octanol–water partition coefficient (Wildman–Crippen LogP) is 2.00. The summed E-state index contributed by atoms with van der Waals surface area (Å²) in [5, 5.41) is 3.36. The largest absolute Gasteiger partial charge is 0.449 e. The minimum absolute atomic E-state index is 0.0269. The summed E-state index contributed by atoms with van der Waals surface area (Å²) in [6.45, 7) is 4.38. The smallest absolute Gasteiger partial charge is 0.404 e. The van der Waals surface area contributed by atoms with E-state index >= 15 is 0 Å². The number of amides is 1. The van der Waals surface area contributed by atoms with Crippen molar-refractivity contribution < 1.29 is 23.9 Å². The summed E-state index contributed by atoms with van der Waals surface area (Å²) < 4.78 is 11.1. The number of hydrogen-bond donors (Lipinski definition) is 2. The molecule has 0 aromatic rings. The highest BCUT2D eigenvalue weighted by atomic mass is 33.1. The zero-order valence-electron chi connectivity index (χ0n) is 18.1. The SMILES string of the molecule is CCCSSCCCC1=C(C)C(=O)C2=C(C1=O)[C@@H](COC(N)=O)[C@@]1(OC)[C@H]3N[C@H]3CN21. The van der Waals surface area contributed by atoms with Gasteiger partial charge in [0.2, 0.25) is 5.78 Å².